The van der Waals surface area contributed by atoms with Crippen LogP contribution in [0.5, 0.6) is 5.75 Å². The summed E-state index contributed by atoms with van der Waals surface area (Å²) in [6.45, 7) is 1.86. The number of halogens is 3. The fourth-order valence-electron chi connectivity index (χ4n) is 4.81. The van der Waals surface area contributed by atoms with Gasteiger partial charge >= 0.3 is 6.18 Å². The SMILES string of the molecule is CN(C)CCCCNc1ccc(C(F)(F)F)cc1NC(=O)c1cc(-c2ccc3nc(N)ncc3c2)cc2c1OCC2. The van der Waals surface area contributed by atoms with Gasteiger partial charge in [0.1, 0.15) is 5.75 Å². The quantitative estimate of drug-likeness (QED) is 0.220. The Morgan fingerprint density at radius 3 is 2.66 bits per heavy atom. The second-order valence-electron chi connectivity index (χ2n) is 10.3. The summed E-state index contributed by atoms with van der Waals surface area (Å²) >= 11 is 0. The van der Waals surface area contributed by atoms with E-state index in [-0.39, 0.29) is 17.2 Å². The molecule has 0 aliphatic carbocycles. The number of nitrogens with one attached hydrogen (secondary N) is 2. The normalized spacial score (nSPS) is 12.8. The maximum Gasteiger partial charge on any atom is 0.416 e. The molecule has 4 N–H and O–H groups in total. The molecule has 1 amide bonds. The first-order valence-electron chi connectivity index (χ1n) is 13.3. The molecule has 0 spiro atoms. The van der Waals surface area contributed by atoms with Gasteiger partial charge in [-0.1, -0.05) is 6.07 Å². The molecular formula is C30H31F3N6O2. The van der Waals surface area contributed by atoms with Gasteiger partial charge in [-0.15, -0.1) is 0 Å². The second kappa shape index (κ2) is 11.6. The average molecular weight is 565 g/mol. The van der Waals surface area contributed by atoms with E-state index in [9.17, 15) is 18.0 Å². The van der Waals surface area contributed by atoms with Crippen LogP contribution in [-0.4, -0.2) is 54.6 Å². The number of nitrogens with two attached hydrogens (primary N) is 1. The second-order valence-corrected chi connectivity index (χ2v) is 10.3. The summed E-state index contributed by atoms with van der Waals surface area (Å²) in [6.07, 6.45) is -0.571. The molecule has 4 aromatic rings. The number of carbonyl (C=O) groups is 1. The lowest BCUT2D eigenvalue weighted by Crippen LogP contribution is -2.17. The molecule has 8 nitrogen and oxygen atoms in total. The van der Waals surface area contributed by atoms with E-state index < -0.39 is 17.6 Å². The Kier molecular flexibility index (Phi) is 7.98. The molecule has 3 aromatic carbocycles. The third kappa shape index (κ3) is 6.51. The summed E-state index contributed by atoms with van der Waals surface area (Å²) in [5.41, 5.74) is 8.70. The van der Waals surface area contributed by atoms with E-state index >= 15 is 0 Å². The first kappa shape index (κ1) is 28.2. The number of nitrogen functional groups attached to an aromatic ring is 1. The number of hydrogen-bond donors (Lipinski definition) is 3. The van der Waals surface area contributed by atoms with Crippen LogP contribution >= 0.6 is 0 Å². The van der Waals surface area contributed by atoms with E-state index in [0.29, 0.717) is 36.5 Å². The molecule has 0 saturated heterocycles. The van der Waals surface area contributed by atoms with Crippen LogP contribution in [0.4, 0.5) is 30.5 Å². The van der Waals surface area contributed by atoms with Crippen LogP contribution in [0.1, 0.15) is 34.3 Å². The van der Waals surface area contributed by atoms with Crippen molar-refractivity contribution in [3.05, 3.63) is 71.4 Å². The van der Waals surface area contributed by atoms with E-state index in [1.54, 1.807) is 12.3 Å². The third-order valence-electron chi connectivity index (χ3n) is 6.90. The van der Waals surface area contributed by atoms with E-state index in [1.807, 2.05) is 38.4 Å². The Labute approximate surface area is 235 Å². The predicted octanol–water partition coefficient (Wildman–Crippen LogP) is 5.84. The number of benzene rings is 3. The topological polar surface area (TPSA) is 105 Å². The molecule has 0 unspecified atom stereocenters. The van der Waals surface area contributed by atoms with Crippen LogP contribution in [0.2, 0.25) is 0 Å². The number of nitrogens with zero attached hydrogens (tertiary/aromatic N) is 3. The number of ether oxygens (including phenoxy) is 1. The largest absolute Gasteiger partial charge is 0.492 e. The maximum absolute atomic E-state index is 13.6. The molecule has 1 aliphatic heterocycles. The van der Waals surface area contributed by atoms with Crippen molar-refractivity contribution in [3.8, 4) is 16.9 Å². The van der Waals surface area contributed by atoms with Gasteiger partial charge in [0.25, 0.3) is 5.91 Å². The minimum atomic E-state index is -4.56. The maximum atomic E-state index is 13.6. The molecule has 0 atom stereocenters. The molecule has 0 saturated carbocycles. The Morgan fingerprint density at radius 1 is 1.05 bits per heavy atom. The molecule has 5 rings (SSSR count). The van der Waals surface area contributed by atoms with Gasteiger partial charge in [0.05, 0.1) is 34.6 Å². The van der Waals surface area contributed by atoms with Crippen LogP contribution in [0.3, 0.4) is 0 Å². The first-order chi connectivity index (χ1) is 19.6. The highest BCUT2D eigenvalue weighted by Crippen LogP contribution is 2.38. The third-order valence-corrected chi connectivity index (χ3v) is 6.90. The summed E-state index contributed by atoms with van der Waals surface area (Å²) in [7, 11) is 3.97. The molecule has 41 heavy (non-hydrogen) atoms. The van der Waals surface area contributed by atoms with Crippen LogP contribution in [0.15, 0.2) is 54.7 Å². The van der Waals surface area contributed by atoms with Crippen molar-refractivity contribution in [2.45, 2.75) is 25.4 Å². The Bertz CT molecular complexity index is 1590. The minimum Gasteiger partial charge on any atom is -0.492 e. The van der Waals surface area contributed by atoms with Gasteiger partial charge in [-0.05, 0) is 92.6 Å². The fraction of sp³-hybridized carbons (Fsp3) is 0.300. The van der Waals surface area contributed by atoms with E-state index in [0.717, 1.165) is 53.6 Å². The van der Waals surface area contributed by atoms with Crippen molar-refractivity contribution in [1.29, 1.82) is 0 Å². The standard InChI is InChI=1S/C30H31F3N6O2/c1-39(2)11-4-3-10-35-25-8-6-22(30(31,32)33)16-26(25)37-28(40)23-15-20(14-19-9-12-41-27(19)23)18-5-7-24-21(13-18)17-36-29(34)38-24/h5-8,13-17,35H,3-4,9-12H2,1-2H3,(H,37,40)(H2,34,36,38). The van der Waals surface area contributed by atoms with Crippen molar-refractivity contribution in [2.75, 3.05) is 50.2 Å². The van der Waals surface area contributed by atoms with E-state index in [2.05, 4.69) is 25.5 Å². The van der Waals surface area contributed by atoms with Gasteiger partial charge in [0.2, 0.25) is 5.95 Å². The van der Waals surface area contributed by atoms with Crippen LogP contribution in [0.25, 0.3) is 22.0 Å². The summed E-state index contributed by atoms with van der Waals surface area (Å²) in [6, 6.07) is 12.6. The molecule has 1 aromatic heterocycles. The minimum absolute atomic E-state index is 0.0510. The Morgan fingerprint density at radius 2 is 1.88 bits per heavy atom. The number of amides is 1. The number of rotatable bonds is 9. The van der Waals surface area contributed by atoms with Crippen LogP contribution in [-0.2, 0) is 12.6 Å². The van der Waals surface area contributed by atoms with Crippen LogP contribution < -0.4 is 21.1 Å². The number of anilines is 3. The van der Waals surface area contributed by atoms with Gasteiger partial charge in [-0.25, -0.2) is 9.97 Å². The predicted molar refractivity (Wildman–Crippen MR) is 154 cm³/mol. The highest BCUT2D eigenvalue weighted by atomic mass is 19.4. The summed E-state index contributed by atoms with van der Waals surface area (Å²) in [5.74, 6) is 0.0566. The van der Waals surface area contributed by atoms with Crippen molar-refractivity contribution >= 4 is 34.1 Å². The number of hydrogen-bond acceptors (Lipinski definition) is 7. The van der Waals surface area contributed by atoms with Gasteiger partial charge in [-0.2, -0.15) is 13.2 Å². The highest BCUT2D eigenvalue weighted by Gasteiger charge is 2.31. The van der Waals surface area contributed by atoms with E-state index in [1.165, 1.54) is 6.07 Å². The smallest absolute Gasteiger partial charge is 0.416 e. The molecule has 0 radical (unpaired) electrons. The number of aromatic nitrogens is 2. The molecular weight excluding hydrogens is 533 g/mol. The van der Waals surface area contributed by atoms with Crippen LogP contribution in [0, 0.1) is 0 Å². The lowest BCUT2D eigenvalue weighted by Gasteiger charge is -2.17. The van der Waals surface area contributed by atoms with Crippen molar-refractivity contribution in [3.63, 3.8) is 0 Å². The lowest BCUT2D eigenvalue weighted by atomic mass is 9.97. The van der Waals surface area contributed by atoms with Crippen molar-refractivity contribution < 1.29 is 22.7 Å². The Hall–Kier alpha value is -4.38. The zero-order valence-corrected chi connectivity index (χ0v) is 22.8. The van der Waals surface area contributed by atoms with Gasteiger partial charge < -0.3 is 26.0 Å². The van der Waals surface area contributed by atoms with Gasteiger partial charge in [0, 0.05) is 24.5 Å². The fourth-order valence-corrected chi connectivity index (χ4v) is 4.81. The molecule has 1 aliphatic rings. The molecule has 2 heterocycles. The zero-order chi connectivity index (χ0) is 29.1. The lowest BCUT2D eigenvalue weighted by molar-refractivity contribution is -0.137. The molecule has 0 fully saturated rings. The molecule has 214 valence electrons. The number of alkyl halides is 3. The molecule has 0 bridgehead atoms. The first-order valence-corrected chi connectivity index (χ1v) is 13.3. The summed E-state index contributed by atoms with van der Waals surface area (Å²) in [4.78, 5) is 24.0. The number of unbranched alkanes of at least 4 members (excludes halogenated alkanes) is 1. The van der Waals surface area contributed by atoms with Gasteiger partial charge in [0.15, 0.2) is 0 Å². The monoisotopic (exact) mass is 564 g/mol. The van der Waals surface area contributed by atoms with Crippen molar-refractivity contribution in [2.24, 2.45) is 0 Å². The summed E-state index contributed by atoms with van der Waals surface area (Å²) in [5, 5.41) is 6.68. The highest BCUT2D eigenvalue weighted by molar-refractivity contribution is 6.09. The summed E-state index contributed by atoms with van der Waals surface area (Å²) < 4.78 is 46.5. The van der Waals surface area contributed by atoms with Crippen molar-refractivity contribution in [1.82, 2.24) is 14.9 Å². The molecule has 11 heteroatoms. The van der Waals surface area contributed by atoms with Gasteiger partial charge in [-0.3, -0.25) is 4.79 Å². The Balaban J connectivity index is 1.45. The average Bonchev–Trinajstić information content (AvgIpc) is 3.41. The number of carbonyl (C=O) groups excluding carboxylic acids is 1. The zero-order valence-electron chi connectivity index (χ0n) is 22.8. The van der Waals surface area contributed by atoms with E-state index in [4.69, 9.17) is 10.5 Å². The number of fused-ring (bicyclic) bond motifs is 2.